The molecule has 0 unspecified atom stereocenters. The highest BCUT2D eigenvalue weighted by molar-refractivity contribution is 6.00. The van der Waals surface area contributed by atoms with Gasteiger partial charge in [0.2, 0.25) is 0 Å². The normalized spacial score (nSPS) is 9.76. The van der Waals surface area contributed by atoms with E-state index in [1.807, 2.05) is 0 Å². The number of nitrogens with one attached hydrogen (secondary N) is 3. The van der Waals surface area contributed by atoms with Gasteiger partial charge in [0.15, 0.2) is 0 Å². The van der Waals surface area contributed by atoms with Crippen LogP contribution < -0.4 is 16.2 Å². The van der Waals surface area contributed by atoms with Gasteiger partial charge in [-0.2, -0.15) is 0 Å². The summed E-state index contributed by atoms with van der Waals surface area (Å²) >= 11 is 0. The number of para-hydroxylation sites is 1. The first-order chi connectivity index (χ1) is 12.0. The molecule has 0 aliphatic rings. The van der Waals surface area contributed by atoms with Gasteiger partial charge in [-0.05, 0) is 18.2 Å². The first kappa shape index (κ1) is 17.6. The minimum absolute atomic E-state index is 0.193. The maximum absolute atomic E-state index is 11.9. The molecule has 0 aliphatic carbocycles. The topological polar surface area (TPSA) is 130 Å². The highest BCUT2D eigenvalue weighted by atomic mass is 16.6. The summed E-state index contributed by atoms with van der Waals surface area (Å²) in [5.41, 5.74) is 3.95. The molecule has 0 spiro atoms. The van der Waals surface area contributed by atoms with Crippen LogP contribution in [0.5, 0.6) is 0 Å². The number of nitrogens with zero attached hydrogens (tertiary/aromatic N) is 1. The molecule has 0 atom stereocenters. The lowest BCUT2D eigenvalue weighted by atomic mass is 10.2. The molecule has 0 bridgehead atoms. The molecule has 2 aromatic carbocycles. The van der Waals surface area contributed by atoms with Gasteiger partial charge >= 0.3 is 0 Å². The Kier molecular flexibility index (Phi) is 5.77. The van der Waals surface area contributed by atoms with Gasteiger partial charge in [-0.1, -0.05) is 30.3 Å². The standard InChI is InChI=1S/C16H14N4O5/c21-14(10-17-15(22)11-6-2-1-3-7-11)18-19-16(23)12-8-4-5-9-13(12)20(24)25/h1-9H,10H2,(H,17,22)(H,18,21)(H,19,23). The lowest BCUT2D eigenvalue weighted by molar-refractivity contribution is -0.385. The SMILES string of the molecule is O=C(CNC(=O)c1ccccc1)NNC(=O)c1ccccc1[N+](=O)[O-]. The number of nitro groups is 1. The van der Waals surface area contributed by atoms with Crippen molar-refractivity contribution < 1.29 is 19.3 Å². The summed E-state index contributed by atoms with van der Waals surface area (Å²) in [6.45, 7) is -0.370. The van der Waals surface area contributed by atoms with Gasteiger partial charge in [0.25, 0.3) is 23.4 Å². The summed E-state index contributed by atoms with van der Waals surface area (Å²) in [5, 5.41) is 13.2. The molecule has 0 saturated heterocycles. The lowest BCUT2D eigenvalue weighted by Crippen LogP contribution is -2.46. The molecule has 0 aliphatic heterocycles. The third-order valence-corrected chi connectivity index (χ3v) is 3.11. The largest absolute Gasteiger partial charge is 0.343 e. The van der Waals surface area contributed by atoms with Crippen LogP contribution in [0.1, 0.15) is 20.7 Å². The monoisotopic (exact) mass is 342 g/mol. The van der Waals surface area contributed by atoms with Gasteiger partial charge in [0.1, 0.15) is 5.56 Å². The van der Waals surface area contributed by atoms with E-state index in [1.165, 1.54) is 24.3 Å². The molecule has 3 N–H and O–H groups in total. The van der Waals surface area contributed by atoms with E-state index in [9.17, 15) is 24.5 Å². The molecule has 25 heavy (non-hydrogen) atoms. The Morgan fingerprint density at radius 3 is 2.20 bits per heavy atom. The molecule has 3 amide bonds. The second-order valence-electron chi connectivity index (χ2n) is 4.83. The van der Waals surface area contributed by atoms with E-state index in [0.717, 1.165) is 0 Å². The minimum Gasteiger partial charge on any atom is -0.343 e. The highest BCUT2D eigenvalue weighted by Gasteiger charge is 2.19. The van der Waals surface area contributed by atoms with Crippen LogP contribution in [0.4, 0.5) is 5.69 Å². The van der Waals surface area contributed by atoms with Crippen LogP contribution in [-0.4, -0.2) is 29.2 Å². The van der Waals surface area contributed by atoms with E-state index < -0.39 is 22.6 Å². The Morgan fingerprint density at radius 2 is 1.52 bits per heavy atom. The number of benzene rings is 2. The van der Waals surface area contributed by atoms with E-state index in [1.54, 1.807) is 30.3 Å². The Labute approximate surface area is 142 Å². The molecule has 9 heteroatoms. The van der Waals surface area contributed by atoms with Gasteiger partial charge in [0, 0.05) is 11.6 Å². The van der Waals surface area contributed by atoms with Crippen LogP contribution in [0, 0.1) is 10.1 Å². The number of amides is 3. The number of carbonyl (C=O) groups is 3. The van der Waals surface area contributed by atoms with Crippen molar-refractivity contribution in [3.8, 4) is 0 Å². The molecule has 0 saturated carbocycles. The fourth-order valence-corrected chi connectivity index (χ4v) is 1.92. The summed E-state index contributed by atoms with van der Waals surface area (Å²) in [7, 11) is 0. The summed E-state index contributed by atoms with van der Waals surface area (Å²) < 4.78 is 0. The van der Waals surface area contributed by atoms with Gasteiger partial charge in [0.05, 0.1) is 11.5 Å². The predicted octanol–water partition coefficient (Wildman–Crippen LogP) is 0.786. The number of hydrogen-bond donors (Lipinski definition) is 3. The quantitative estimate of drug-likeness (QED) is 0.546. The van der Waals surface area contributed by atoms with Crippen LogP contribution in [-0.2, 0) is 4.79 Å². The maximum Gasteiger partial charge on any atom is 0.282 e. The van der Waals surface area contributed by atoms with E-state index in [2.05, 4.69) is 16.2 Å². The maximum atomic E-state index is 11.9. The van der Waals surface area contributed by atoms with Crippen molar-refractivity contribution in [2.24, 2.45) is 0 Å². The van der Waals surface area contributed by atoms with Gasteiger partial charge in [-0.15, -0.1) is 0 Å². The third-order valence-electron chi connectivity index (χ3n) is 3.11. The van der Waals surface area contributed by atoms with Gasteiger partial charge < -0.3 is 5.32 Å². The Balaban J connectivity index is 1.85. The van der Waals surface area contributed by atoms with Crippen LogP contribution >= 0.6 is 0 Å². The van der Waals surface area contributed by atoms with Gasteiger partial charge in [-0.25, -0.2) is 0 Å². The third kappa shape index (κ3) is 4.86. The van der Waals surface area contributed by atoms with Crippen LogP contribution in [0.2, 0.25) is 0 Å². The Bertz CT molecular complexity index is 807. The number of nitro benzene ring substituents is 1. The van der Waals surface area contributed by atoms with Crippen LogP contribution in [0.25, 0.3) is 0 Å². The smallest absolute Gasteiger partial charge is 0.282 e. The number of hydrogen-bond acceptors (Lipinski definition) is 5. The number of hydrazine groups is 1. The summed E-state index contributed by atoms with van der Waals surface area (Å²) in [6.07, 6.45) is 0. The van der Waals surface area contributed by atoms with Crippen molar-refractivity contribution in [3.63, 3.8) is 0 Å². The minimum atomic E-state index is -0.838. The van der Waals surface area contributed by atoms with E-state index in [0.29, 0.717) is 5.56 Å². The van der Waals surface area contributed by atoms with Crippen molar-refractivity contribution in [1.82, 2.24) is 16.2 Å². The van der Waals surface area contributed by atoms with Crippen LogP contribution in [0.3, 0.4) is 0 Å². The van der Waals surface area contributed by atoms with Crippen molar-refractivity contribution in [2.75, 3.05) is 6.54 Å². The number of carbonyl (C=O) groups excluding carboxylic acids is 3. The molecule has 2 rings (SSSR count). The predicted molar refractivity (Wildman–Crippen MR) is 87.5 cm³/mol. The molecule has 9 nitrogen and oxygen atoms in total. The summed E-state index contributed by atoms with van der Waals surface area (Å²) in [4.78, 5) is 45.5. The number of rotatable bonds is 5. The average Bonchev–Trinajstić information content (AvgIpc) is 2.64. The molecular weight excluding hydrogens is 328 g/mol. The summed E-state index contributed by atoms with van der Waals surface area (Å²) in [6, 6.07) is 13.6. The molecule has 0 radical (unpaired) electrons. The molecule has 128 valence electrons. The fraction of sp³-hybridized carbons (Fsp3) is 0.0625. The van der Waals surface area contributed by atoms with Gasteiger partial charge in [-0.3, -0.25) is 35.3 Å². The average molecular weight is 342 g/mol. The van der Waals surface area contributed by atoms with Crippen LogP contribution in [0.15, 0.2) is 54.6 Å². The molecule has 2 aromatic rings. The molecule has 0 aromatic heterocycles. The van der Waals surface area contributed by atoms with Crippen molar-refractivity contribution in [1.29, 1.82) is 0 Å². The first-order valence-corrected chi connectivity index (χ1v) is 7.15. The molecular formula is C16H14N4O5. The summed E-state index contributed by atoms with van der Waals surface area (Å²) in [5.74, 6) is -1.97. The molecule has 0 heterocycles. The van der Waals surface area contributed by atoms with E-state index in [4.69, 9.17) is 0 Å². The Hall–Kier alpha value is -3.75. The Morgan fingerprint density at radius 1 is 0.880 bits per heavy atom. The molecule has 0 fully saturated rings. The van der Waals surface area contributed by atoms with Crippen molar-refractivity contribution in [2.45, 2.75) is 0 Å². The second-order valence-corrected chi connectivity index (χ2v) is 4.83. The first-order valence-electron chi connectivity index (χ1n) is 7.15. The van der Waals surface area contributed by atoms with E-state index >= 15 is 0 Å². The van der Waals surface area contributed by atoms with E-state index in [-0.39, 0.29) is 17.8 Å². The zero-order valence-corrected chi connectivity index (χ0v) is 12.9. The zero-order valence-electron chi connectivity index (χ0n) is 12.9. The van der Waals surface area contributed by atoms with Crippen molar-refractivity contribution >= 4 is 23.4 Å². The van der Waals surface area contributed by atoms with Crippen molar-refractivity contribution in [3.05, 3.63) is 75.8 Å². The fourth-order valence-electron chi connectivity index (χ4n) is 1.92. The highest BCUT2D eigenvalue weighted by Crippen LogP contribution is 2.16. The zero-order chi connectivity index (χ0) is 18.2. The second kappa shape index (κ2) is 8.20. The lowest BCUT2D eigenvalue weighted by Gasteiger charge is -2.08.